The summed E-state index contributed by atoms with van der Waals surface area (Å²) in [6, 6.07) is 5.30. The normalized spacial score (nSPS) is 13.4. The number of ketones is 1. The fraction of sp³-hybridized carbons (Fsp3) is 0.389. The van der Waals surface area contributed by atoms with Crippen LogP contribution in [-0.4, -0.2) is 28.7 Å². The lowest BCUT2D eigenvalue weighted by Crippen LogP contribution is -2.34. The van der Waals surface area contributed by atoms with Crippen molar-refractivity contribution in [2.45, 2.75) is 33.4 Å². The van der Waals surface area contributed by atoms with Crippen LogP contribution in [0.4, 0.5) is 0 Å². The van der Waals surface area contributed by atoms with Crippen LogP contribution in [0.2, 0.25) is 0 Å². The lowest BCUT2D eigenvalue weighted by molar-refractivity contribution is 0.101. The van der Waals surface area contributed by atoms with E-state index < -0.39 is 0 Å². The second kappa shape index (κ2) is 6.97. The van der Waals surface area contributed by atoms with E-state index in [0.29, 0.717) is 30.9 Å². The smallest absolute Gasteiger partial charge is 0.270 e. The Kier molecular flexibility index (Phi) is 4.76. The predicted octanol–water partition coefficient (Wildman–Crippen LogP) is 1.54. The molecule has 1 aliphatic rings. The van der Waals surface area contributed by atoms with E-state index in [-0.39, 0.29) is 17.9 Å². The summed E-state index contributed by atoms with van der Waals surface area (Å²) in [4.78, 5) is 24.3. The van der Waals surface area contributed by atoms with Gasteiger partial charge in [0.05, 0.1) is 19.3 Å². The van der Waals surface area contributed by atoms with Gasteiger partial charge in [0.25, 0.3) is 5.56 Å². The van der Waals surface area contributed by atoms with Gasteiger partial charge in [-0.3, -0.25) is 9.59 Å². The first kappa shape index (κ1) is 16.4. The van der Waals surface area contributed by atoms with Gasteiger partial charge in [-0.25, -0.2) is 4.68 Å². The molecule has 1 aromatic heterocycles. The maximum atomic E-state index is 12.7. The van der Waals surface area contributed by atoms with Crippen LogP contribution in [0.15, 0.2) is 29.2 Å². The van der Waals surface area contributed by atoms with Crippen molar-refractivity contribution in [2.24, 2.45) is 0 Å². The minimum atomic E-state index is -0.0651. The second-order valence-electron chi connectivity index (χ2n) is 5.85. The molecule has 24 heavy (non-hydrogen) atoms. The molecule has 1 N–H and O–H groups in total. The van der Waals surface area contributed by atoms with Crippen LogP contribution < -0.4 is 15.6 Å². The summed E-state index contributed by atoms with van der Waals surface area (Å²) < 4.78 is 7.08. The zero-order valence-corrected chi connectivity index (χ0v) is 14.0. The molecule has 1 aliphatic heterocycles. The molecule has 0 saturated carbocycles. The Labute approximate surface area is 140 Å². The van der Waals surface area contributed by atoms with Gasteiger partial charge in [-0.15, -0.1) is 0 Å². The van der Waals surface area contributed by atoms with E-state index in [9.17, 15) is 9.59 Å². The number of rotatable bonds is 5. The van der Waals surface area contributed by atoms with E-state index in [2.05, 4.69) is 10.4 Å². The zero-order chi connectivity index (χ0) is 17.1. The Balaban J connectivity index is 2.00. The molecule has 2 heterocycles. The van der Waals surface area contributed by atoms with E-state index in [4.69, 9.17) is 4.74 Å². The maximum absolute atomic E-state index is 12.7. The highest BCUT2D eigenvalue weighted by Gasteiger charge is 2.16. The molecule has 0 atom stereocenters. The van der Waals surface area contributed by atoms with Crippen LogP contribution >= 0.6 is 0 Å². The molecule has 1 aromatic carbocycles. The number of benzene rings is 1. The van der Waals surface area contributed by atoms with Crippen LogP contribution in [0.25, 0.3) is 0 Å². The number of fused-ring (bicyclic) bond motifs is 1. The summed E-state index contributed by atoms with van der Waals surface area (Å²) >= 11 is 0. The highest BCUT2D eigenvalue weighted by molar-refractivity contribution is 5.94. The summed E-state index contributed by atoms with van der Waals surface area (Å²) in [5.41, 5.74) is 3.11. The monoisotopic (exact) mass is 327 g/mol. The van der Waals surface area contributed by atoms with Crippen molar-refractivity contribution in [3.05, 3.63) is 57.0 Å². The molecule has 0 amide bonds. The number of hydrogen-bond acceptors (Lipinski definition) is 5. The van der Waals surface area contributed by atoms with E-state index in [1.165, 1.54) is 11.6 Å². The Bertz CT molecular complexity index is 827. The number of hydrogen-bond donors (Lipinski definition) is 1. The minimum absolute atomic E-state index is 0.0175. The average Bonchev–Trinajstić information content (AvgIpc) is 2.59. The molecule has 0 bridgehead atoms. The van der Waals surface area contributed by atoms with Crippen LogP contribution in [0, 0.1) is 0 Å². The van der Waals surface area contributed by atoms with E-state index in [0.717, 1.165) is 23.2 Å². The molecule has 0 radical (unpaired) electrons. The fourth-order valence-electron chi connectivity index (χ4n) is 2.91. The van der Waals surface area contributed by atoms with E-state index >= 15 is 0 Å². The van der Waals surface area contributed by atoms with Crippen LogP contribution in [0.1, 0.15) is 40.9 Å². The van der Waals surface area contributed by atoms with Crippen LogP contribution in [0.5, 0.6) is 5.75 Å². The highest BCUT2D eigenvalue weighted by atomic mass is 16.5. The van der Waals surface area contributed by atoms with Gasteiger partial charge in [0.15, 0.2) is 5.78 Å². The van der Waals surface area contributed by atoms with Gasteiger partial charge in [-0.05, 0) is 50.6 Å². The molecule has 0 unspecified atom stereocenters. The van der Waals surface area contributed by atoms with E-state index in [1.807, 2.05) is 6.92 Å². The molecule has 0 spiro atoms. The SMILES string of the molecule is CCOc1ccc(C(C)=O)cc1Cn1ncc2c(c1=O)CCNC2. The predicted molar refractivity (Wildman–Crippen MR) is 90.6 cm³/mol. The largest absolute Gasteiger partial charge is 0.494 e. The Morgan fingerprint density at radius 3 is 3.00 bits per heavy atom. The first-order chi connectivity index (χ1) is 11.6. The average molecular weight is 327 g/mol. The van der Waals surface area contributed by atoms with Gasteiger partial charge in [-0.1, -0.05) is 0 Å². The molecule has 6 heteroatoms. The summed E-state index contributed by atoms with van der Waals surface area (Å²) in [5.74, 6) is 0.659. The van der Waals surface area contributed by atoms with Crippen molar-refractivity contribution in [3.8, 4) is 5.75 Å². The number of nitrogens with one attached hydrogen (secondary N) is 1. The standard InChI is InChI=1S/C18H21N3O3/c1-3-24-17-5-4-13(12(2)22)8-14(17)11-21-18(23)16-6-7-19-9-15(16)10-20-21/h4-5,8,10,19H,3,6-7,9,11H2,1-2H3. The molecule has 0 aliphatic carbocycles. The molecular formula is C18H21N3O3. The van der Waals surface area contributed by atoms with Crippen LogP contribution in [-0.2, 0) is 19.5 Å². The Hall–Kier alpha value is -2.47. The first-order valence-corrected chi connectivity index (χ1v) is 8.15. The topological polar surface area (TPSA) is 73.2 Å². The molecule has 6 nitrogen and oxygen atoms in total. The number of ether oxygens (including phenoxy) is 1. The molecule has 126 valence electrons. The molecule has 2 aromatic rings. The van der Waals surface area contributed by atoms with Gasteiger partial charge in [0.1, 0.15) is 5.75 Å². The Morgan fingerprint density at radius 1 is 1.42 bits per heavy atom. The summed E-state index contributed by atoms with van der Waals surface area (Å²) in [7, 11) is 0. The minimum Gasteiger partial charge on any atom is -0.494 e. The molecule has 3 rings (SSSR count). The quantitative estimate of drug-likeness (QED) is 0.843. The van der Waals surface area contributed by atoms with Gasteiger partial charge in [-0.2, -0.15) is 5.10 Å². The van der Waals surface area contributed by atoms with E-state index in [1.54, 1.807) is 24.4 Å². The van der Waals surface area contributed by atoms with Gasteiger partial charge < -0.3 is 10.1 Å². The molecule has 0 fully saturated rings. The fourth-order valence-corrected chi connectivity index (χ4v) is 2.91. The van der Waals surface area contributed by atoms with Crippen molar-refractivity contribution >= 4 is 5.78 Å². The molecular weight excluding hydrogens is 306 g/mol. The van der Waals surface area contributed by atoms with Crippen molar-refractivity contribution in [1.29, 1.82) is 0 Å². The van der Waals surface area contributed by atoms with Gasteiger partial charge in [0.2, 0.25) is 0 Å². The lowest BCUT2D eigenvalue weighted by atomic mass is 10.0. The number of aromatic nitrogens is 2. The van der Waals surface area contributed by atoms with Crippen molar-refractivity contribution in [3.63, 3.8) is 0 Å². The summed E-state index contributed by atoms with van der Waals surface area (Å²) in [6.07, 6.45) is 2.46. The van der Waals surface area contributed by atoms with Gasteiger partial charge >= 0.3 is 0 Å². The third kappa shape index (κ3) is 3.23. The summed E-state index contributed by atoms with van der Waals surface area (Å²) in [5, 5.41) is 7.52. The van der Waals surface area contributed by atoms with Crippen molar-refractivity contribution in [2.75, 3.05) is 13.2 Å². The number of nitrogens with zero attached hydrogens (tertiary/aromatic N) is 2. The number of carbonyl (C=O) groups excluding carboxylic acids is 1. The van der Waals surface area contributed by atoms with Gasteiger partial charge in [0, 0.05) is 23.2 Å². The third-order valence-corrected chi connectivity index (χ3v) is 4.19. The second-order valence-corrected chi connectivity index (χ2v) is 5.85. The highest BCUT2D eigenvalue weighted by Crippen LogP contribution is 2.21. The lowest BCUT2D eigenvalue weighted by Gasteiger charge is -2.18. The zero-order valence-electron chi connectivity index (χ0n) is 14.0. The summed E-state index contributed by atoms with van der Waals surface area (Å²) in [6.45, 7) is 5.72. The van der Waals surface area contributed by atoms with Crippen molar-refractivity contribution < 1.29 is 9.53 Å². The number of carbonyl (C=O) groups is 1. The first-order valence-electron chi connectivity index (χ1n) is 8.15. The maximum Gasteiger partial charge on any atom is 0.270 e. The van der Waals surface area contributed by atoms with Crippen molar-refractivity contribution in [1.82, 2.24) is 15.1 Å². The van der Waals surface area contributed by atoms with Crippen LogP contribution in [0.3, 0.4) is 0 Å². The molecule has 0 saturated heterocycles. The third-order valence-electron chi connectivity index (χ3n) is 4.19. The Morgan fingerprint density at radius 2 is 2.25 bits per heavy atom. The number of Topliss-reactive ketones (excluding diaryl/α,β-unsaturated/α-hetero) is 1.